The fourth-order valence-corrected chi connectivity index (χ4v) is 3.57. The first-order chi connectivity index (χ1) is 11.7. The molecule has 1 atom stereocenters. The molecule has 24 heavy (non-hydrogen) atoms. The molecule has 2 aromatic heterocycles. The molecule has 6 nitrogen and oxygen atoms in total. The molecule has 0 N–H and O–H groups in total. The average Bonchev–Trinajstić information content (AvgIpc) is 3.09. The molecule has 6 heteroatoms. The van der Waals surface area contributed by atoms with Crippen LogP contribution >= 0.6 is 0 Å². The zero-order chi connectivity index (χ0) is 16.5. The molecule has 0 amide bonds. The lowest BCUT2D eigenvalue weighted by Gasteiger charge is -2.39. The second-order valence-corrected chi connectivity index (χ2v) is 7.14. The van der Waals surface area contributed by atoms with Crippen molar-refractivity contribution in [3.8, 4) is 11.4 Å². The molecule has 2 aliphatic heterocycles. The number of rotatable bonds is 4. The van der Waals surface area contributed by atoms with Gasteiger partial charge in [0.1, 0.15) is 5.82 Å². The van der Waals surface area contributed by atoms with Crippen molar-refractivity contribution in [2.45, 2.75) is 39.2 Å². The number of piperidine rings is 1. The zero-order valence-corrected chi connectivity index (χ0v) is 14.5. The fourth-order valence-electron chi connectivity index (χ4n) is 3.57. The van der Waals surface area contributed by atoms with E-state index in [1.54, 1.807) is 0 Å². The predicted octanol–water partition coefficient (Wildman–Crippen LogP) is 3.13. The minimum atomic E-state index is 0.183. The number of likely N-dealkylation sites (tertiary alicyclic amines) is 1. The number of anilines is 1. The van der Waals surface area contributed by atoms with Crippen molar-refractivity contribution in [2.24, 2.45) is 5.92 Å². The molecular weight excluding hydrogens is 302 g/mol. The van der Waals surface area contributed by atoms with Crippen molar-refractivity contribution in [3.05, 3.63) is 24.2 Å². The lowest BCUT2D eigenvalue weighted by atomic mass is 10.0. The van der Waals surface area contributed by atoms with E-state index >= 15 is 0 Å². The monoisotopic (exact) mass is 327 g/mol. The average molecular weight is 327 g/mol. The minimum absolute atomic E-state index is 0.183. The van der Waals surface area contributed by atoms with Crippen LogP contribution < -0.4 is 4.90 Å². The lowest BCUT2D eigenvalue weighted by molar-refractivity contribution is 0.0545. The Morgan fingerprint density at radius 3 is 2.62 bits per heavy atom. The Morgan fingerprint density at radius 2 is 1.96 bits per heavy atom. The van der Waals surface area contributed by atoms with Crippen LogP contribution in [0, 0.1) is 5.92 Å². The van der Waals surface area contributed by atoms with E-state index in [4.69, 9.17) is 4.52 Å². The van der Waals surface area contributed by atoms with Gasteiger partial charge in [-0.2, -0.15) is 4.98 Å². The largest absolute Gasteiger partial charge is 0.357 e. The third-order valence-corrected chi connectivity index (χ3v) is 5.13. The van der Waals surface area contributed by atoms with E-state index < -0.39 is 0 Å². The first kappa shape index (κ1) is 15.6. The highest BCUT2D eigenvalue weighted by Gasteiger charge is 2.30. The number of hydrogen-bond donors (Lipinski definition) is 0. The summed E-state index contributed by atoms with van der Waals surface area (Å²) in [5.74, 6) is 3.13. The highest BCUT2D eigenvalue weighted by atomic mass is 16.5. The zero-order valence-electron chi connectivity index (χ0n) is 14.5. The third-order valence-electron chi connectivity index (χ3n) is 5.13. The maximum absolute atomic E-state index is 5.48. The molecule has 0 spiro atoms. The van der Waals surface area contributed by atoms with Crippen molar-refractivity contribution < 1.29 is 4.52 Å². The summed E-state index contributed by atoms with van der Waals surface area (Å²) in [7, 11) is 0. The Kier molecular flexibility index (Phi) is 4.22. The summed E-state index contributed by atoms with van der Waals surface area (Å²) in [5.41, 5.74) is 0.912. The van der Waals surface area contributed by atoms with Crippen LogP contribution in [0.25, 0.3) is 11.4 Å². The van der Waals surface area contributed by atoms with Crippen LogP contribution in [0.5, 0.6) is 0 Å². The summed E-state index contributed by atoms with van der Waals surface area (Å²) < 4.78 is 5.48. The molecule has 2 aromatic rings. The van der Waals surface area contributed by atoms with Gasteiger partial charge in [-0.3, -0.25) is 4.90 Å². The highest BCUT2D eigenvalue weighted by Crippen LogP contribution is 2.28. The van der Waals surface area contributed by atoms with Gasteiger partial charge < -0.3 is 9.42 Å². The Morgan fingerprint density at radius 1 is 1.17 bits per heavy atom. The third kappa shape index (κ3) is 3.02. The molecule has 2 saturated heterocycles. The van der Waals surface area contributed by atoms with Gasteiger partial charge >= 0.3 is 0 Å². The Balaban J connectivity index is 1.46. The molecule has 0 saturated carbocycles. The second kappa shape index (κ2) is 6.51. The quantitative estimate of drug-likeness (QED) is 0.860. The van der Waals surface area contributed by atoms with Gasteiger partial charge in [0, 0.05) is 37.9 Å². The van der Waals surface area contributed by atoms with Gasteiger partial charge in [-0.25, -0.2) is 4.98 Å². The van der Waals surface area contributed by atoms with E-state index in [1.165, 1.54) is 19.3 Å². The van der Waals surface area contributed by atoms with Crippen molar-refractivity contribution >= 4 is 5.82 Å². The van der Waals surface area contributed by atoms with Gasteiger partial charge in [0.05, 0.1) is 6.04 Å². The number of pyridine rings is 1. The van der Waals surface area contributed by atoms with Crippen LogP contribution in [-0.2, 0) is 0 Å². The molecule has 0 radical (unpaired) electrons. The van der Waals surface area contributed by atoms with E-state index in [9.17, 15) is 0 Å². The van der Waals surface area contributed by atoms with Gasteiger partial charge in [0.2, 0.25) is 11.7 Å². The molecule has 2 aliphatic rings. The molecule has 0 bridgehead atoms. The van der Waals surface area contributed by atoms with E-state index in [0.29, 0.717) is 11.7 Å². The van der Waals surface area contributed by atoms with Gasteiger partial charge in [-0.1, -0.05) is 12.1 Å². The summed E-state index contributed by atoms with van der Waals surface area (Å²) in [6.45, 7) is 8.80. The summed E-state index contributed by atoms with van der Waals surface area (Å²) in [4.78, 5) is 13.9. The Bertz CT molecular complexity index is 671. The SMILES string of the molecule is CC1CN(C(C)c2nc(-c3ccc(N4CCCCC4)nc3)no2)C1. The molecule has 4 heterocycles. The first-order valence-corrected chi connectivity index (χ1v) is 9.00. The predicted molar refractivity (Wildman–Crippen MR) is 92.7 cm³/mol. The van der Waals surface area contributed by atoms with E-state index in [0.717, 1.165) is 43.5 Å². The normalized spacial score (nSPS) is 20.8. The number of hydrogen-bond acceptors (Lipinski definition) is 6. The van der Waals surface area contributed by atoms with E-state index in [-0.39, 0.29) is 6.04 Å². The number of nitrogens with zero attached hydrogens (tertiary/aromatic N) is 5. The van der Waals surface area contributed by atoms with Gasteiger partial charge in [0.15, 0.2) is 0 Å². The first-order valence-electron chi connectivity index (χ1n) is 9.00. The van der Waals surface area contributed by atoms with Crippen molar-refractivity contribution in [2.75, 3.05) is 31.1 Å². The smallest absolute Gasteiger partial charge is 0.244 e. The number of aromatic nitrogens is 3. The Labute approximate surface area is 142 Å². The van der Waals surface area contributed by atoms with Crippen LogP contribution in [0.3, 0.4) is 0 Å². The molecular formula is C18H25N5O. The lowest BCUT2D eigenvalue weighted by Crippen LogP contribution is -2.46. The maximum atomic E-state index is 5.48. The van der Waals surface area contributed by atoms with Crippen molar-refractivity contribution in [1.82, 2.24) is 20.0 Å². The van der Waals surface area contributed by atoms with Crippen LogP contribution in [0.4, 0.5) is 5.82 Å². The van der Waals surface area contributed by atoms with Crippen LogP contribution in [0.1, 0.15) is 45.0 Å². The summed E-state index contributed by atoms with van der Waals surface area (Å²) >= 11 is 0. The van der Waals surface area contributed by atoms with Crippen LogP contribution in [-0.4, -0.2) is 46.2 Å². The summed E-state index contributed by atoms with van der Waals surface area (Å²) in [6.07, 6.45) is 5.69. The fraction of sp³-hybridized carbons (Fsp3) is 0.611. The topological polar surface area (TPSA) is 58.3 Å². The van der Waals surface area contributed by atoms with Gasteiger partial charge in [-0.15, -0.1) is 0 Å². The molecule has 128 valence electrons. The Hall–Kier alpha value is -1.95. The van der Waals surface area contributed by atoms with Crippen LogP contribution in [0.2, 0.25) is 0 Å². The van der Waals surface area contributed by atoms with Crippen molar-refractivity contribution in [3.63, 3.8) is 0 Å². The van der Waals surface area contributed by atoms with Crippen LogP contribution in [0.15, 0.2) is 22.9 Å². The van der Waals surface area contributed by atoms with Gasteiger partial charge in [0.25, 0.3) is 0 Å². The second-order valence-electron chi connectivity index (χ2n) is 7.14. The van der Waals surface area contributed by atoms with E-state index in [1.807, 2.05) is 12.3 Å². The summed E-state index contributed by atoms with van der Waals surface area (Å²) in [5, 5.41) is 4.14. The molecule has 1 unspecified atom stereocenters. The highest BCUT2D eigenvalue weighted by molar-refractivity contribution is 5.56. The maximum Gasteiger partial charge on any atom is 0.244 e. The molecule has 0 aromatic carbocycles. The molecule has 4 rings (SSSR count). The van der Waals surface area contributed by atoms with Crippen molar-refractivity contribution in [1.29, 1.82) is 0 Å². The summed E-state index contributed by atoms with van der Waals surface area (Å²) in [6, 6.07) is 4.29. The van der Waals surface area contributed by atoms with E-state index in [2.05, 4.69) is 44.8 Å². The molecule has 2 fully saturated rings. The van der Waals surface area contributed by atoms with Gasteiger partial charge in [-0.05, 0) is 44.2 Å². The molecule has 0 aliphatic carbocycles. The minimum Gasteiger partial charge on any atom is -0.357 e. The standard InChI is InChI=1S/C18H25N5O/c1-13-11-23(12-13)14(2)18-20-17(21-24-18)15-6-7-16(19-10-15)22-8-4-3-5-9-22/h6-7,10,13-14H,3-5,8-9,11-12H2,1-2H3.